The van der Waals surface area contributed by atoms with Crippen LogP contribution in [0.5, 0.6) is 0 Å². The van der Waals surface area contributed by atoms with Crippen LogP contribution in [-0.2, 0) is 26.6 Å². The summed E-state index contributed by atoms with van der Waals surface area (Å²) in [5, 5.41) is 6.32. The molecule has 12 nitrogen and oxygen atoms in total. The molecule has 2 N–H and O–H groups in total. The van der Waals surface area contributed by atoms with Crippen LogP contribution in [-0.4, -0.2) is 117 Å². The third-order valence-electron chi connectivity index (χ3n) is 9.57. The molecule has 14 heteroatoms. The molecule has 310 valence electrons. The molecule has 0 bridgehead atoms. The zero-order valence-corrected chi connectivity index (χ0v) is 38.0. The summed E-state index contributed by atoms with van der Waals surface area (Å²) < 4.78 is 35.9. The number of carbonyl (C=O) groups excluding carboxylic acids is 2. The number of amides is 4. The SMILES string of the molecule is CCO[Si](CCCNC(=O)N(CCCCCCN(C(=O)NCCC[Si](OCC)(OCC)OCC)C(C)C(C)(C)C)C(C)C(C)(C)C)(OCC)OCC. The zero-order chi connectivity index (χ0) is 39.8. The lowest BCUT2D eigenvalue weighted by atomic mass is 9.86. The lowest BCUT2D eigenvalue weighted by Gasteiger charge is -2.38. The third-order valence-corrected chi connectivity index (χ3v) is 15.9. The second-order valence-electron chi connectivity index (χ2n) is 15.5. The summed E-state index contributed by atoms with van der Waals surface area (Å²) in [6.45, 7) is 34.7. The molecule has 0 aromatic carbocycles. The Morgan fingerprint density at radius 1 is 0.500 bits per heavy atom. The predicted molar refractivity (Wildman–Crippen MR) is 217 cm³/mol. The maximum Gasteiger partial charge on any atom is 0.500 e. The van der Waals surface area contributed by atoms with E-state index in [1.807, 2.05) is 51.3 Å². The molecule has 0 aliphatic heterocycles. The highest BCUT2D eigenvalue weighted by Crippen LogP contribution is 2.27. The van der Waals surface area contributed by atoms with Gasteiger partial charge >= 0.3 is 29.7 Å². The van der Waals surface area contributed by atoms with Crippen LogP contribution in [0, 0.1) is 10.8 Å². The van der Waals surface area contributed by atoms with Crippen molar-refractivity contribution in [2.45, 2.75) is 160 Å². The predicted octanol–water partition coefficient (Wildman–Crippen LogP) is 8.32. The summed E-state index contributed by atoms with van der Waals surface area (Å²) in [7, 11) is -5.49. The molecule has 0 spiro atoms. The molecule has 0 aromatic heterocycles. The Kier molecular flexibility index (Phi) is 25.9. The fraction of sp³-hybridized carbons (Fsp3) is 0.947. The van der Waals surface area contributed by atoms with E-state index in [1.54, 1.807) is 0 Å². The topological polar surface area (TPSA) is 120 Å². The number of unbranched alkanes of at least 4 members (excludes halogenated alkanes) is 3. The zero-order valence-electron chi connectivity index (χ0n) is 36.0. The first-order valence-electron chi connectivity index (χ1n) is 20.4. The van der Waals surface area contributed by atoms with Crippen molar-refractivity contribution in [3.63, 3.8) is 0 Å². The summed E-state index contributed by atoms with van der Waals surface area (Å²) in [5.41, 5.74) is -0.123. The summed E-state index contributed by atoms with van der Waals surface area (Å²) in [4.78, 5) is 31.0. The first-order chi connectivity index (χ1) is 24.4. The van der Waals surface area contributed by atoms with Gasteiger partial charge in [0, 0.05) is 90.0 Å². The molecule has 2 unspecified atom stereocenters. The molecule has 4 amide bonds. The van der Waals surface area contributed by atoms with Crippen LogP contribution in [0.15, 0.2) is 0 Å². The Balaban J connectivity index is 5.21. The van der Waals surface area contributed by atoms with Gasteiger partial charge < -0.3 is 47.0 Å². The van der Waals surface area contributed by atoms with Crippen molar-refractivity contribution in [3.8, 4) is 0 Å². The lowest BCUT2D eigenvalue weighted by molar-refractivity contribution is 0.0699. The van der Waals surface area contributed by atoms with E-state index in [-0.39, 0.29) is 35.0 Å². The standard InChI is InChI=1S/C38H82N4O8Si2/c1-15-45-51(46-16-2,47-17-3)31-25-27-39-35(43)41(33(7)37(9,10)11)29-23-21-22-24-30-42(34(8)38(12,13)14)36(44)40-28-26-32-52(48-18-4,49-19-5)50-20-6/h33-34H,15-32H2,1-14H3,(H,39,43)(H,40,44). The van der Waals surface area contributed by atoms with Crippen molar-refractivity contribution < 1.29 is 36.1 Å². The van der Waals surface area contributed by atoms with Gasteiger partial charge in [0.25, 0.3) is 0 Å². The largest absolute Gasteiger partial charge is 0.500 e. The van der Waals surface area contributed by atoms with Crippen LogP contribution in [0.3, 0.4) is 0 Å². The Hall–Kier alpha value is -1.27. The summed E-state index contributed by atoms with van der Waals surface area (Å²) in [6.07, 6.45) is 5.20. The minimum absolute atomic E-state index is 0.0375. The van der Waals surface area contributed by atoms with E-state index in [4.69, 9.17) is 26.6 Å². The lowest BCUT2D eigenvalue weighted by Crippen LogP contribution is -2.51. The molecular formula is C38H82N4O8Si2. The molecule has 0 saturated heterocycles. The molecule has 0 fully saturated rings. The highest BCUT2D eigenvalue weighted by Gasteiger charge is 2.41. The van der Waals surface area contributed by atoms with Crippen LogP contribution in [0.2, 0.25) is 12.1 Å². The number of hydrogen-bond acceptors (Lipinski definition) is 8. The highest BCUT2D eigenvalue weighted by atomic mass is 28.4. The molecule has 0 radical (unpaired) electrons. The van der Waals surface area contributed by atoms with Crippen LogP contribution in [0.4, 0.5) is 9.59 Å². The van der Waals surface area contributed by atoms with E-state index in [1.165, 1.54) is 0 Å². The van der Waals surface area contributed by atoms with E-state index in [2.05, 4.69) is 66.0 Å². The van der Waals surface area contributed by atoms with Gasteiger partial charge in [0.05, 0.1) is 0 Å². The molecular weight excluding hydrogens is 697 g/mol. The summed E-state index contributed by atoms with van der Waals surface area (Å²) in [6, 6.07) is 1.38. The van der Waals surface area contributed by atoms with Crippen LogP contribution >= 0.6 is 0 Å². The second kappa shape index (κ2) is 26.5. The summed E-state index contributed by atoms with van der Waals surface area (Å²) in [5.74, 6) is 0. The van der Waals surface area contributed by atoms with E-state index in [0.29, 0.717) is 77.9 Å². The maximum atomic E-state index is 13.5. The molecule has 52 heavy (non-hydrogen) atoms. The van der Waals surface area contributed by atoms with Gasteiger partial charge in [0.15, 0.2) is 0 Å². The number of nitrogens with one attached hydrogen (secondary N) is 2. The molecule has 0 aliphatic rings. The normalized spacial score (nSPS) is 13.9. The number of urea groups is 2. The number of carbonyl (C=O) groups is 2. The summed E-state index contributed by atoms with van der Waals surface area (Å²) >= 11 is 0. The van der Waals surface area contributed by atoms with Gasteiger partial charge in [-0.25, -0.2) is 9.59 Å². The van der Waals surface area contributed by atoms with E-state index >= 15 is 0 Å². The Labute approximate surface area is 321 Å². The van der Waals surface area contributed by atoms with Crippen molar-refractivity contribution in [3.05, 3.63) is 0 Å². The monoisotopic (exact) mass is 779 g/mol. The second-order valence-corrected chi connectivity index (χ2v) is 21.0. The maximum absolute atomic E-state index is 13.5. The molecule has 0 rings (SSSR count). The van der Waals surface area contributed by atoms with Gasteiger partial charge in [-0.05, 0) is 91.9 Å². The van der Waals surface area contributed by atoms with E-state index in [9.17, 15) is 9.59 Å². The Morgan fingerprint density at radius 3 is 1.00 bits per heavy atom. The molecule has 0 aliphatic carbocycles. The van der Waals surface area contributed by atoms with Gasteiger partial charge in [-0.3, -0.25) is 0 Å². The number of nitrogens with zero attached hydrogens (tertiary/aromatic N) is 2. The van der Waals surface area contributed by atoms with Crippen molar-refractivity contribution in [2.75, 3.05) is 65.8 Å². The van der Waals surface area contributed by atoms with Crippen molar-refractivity contribution >= 4 is 29.7 Å². The molecule has 2 atom stereocenters. The number of hydrogen-bond donors (Lipinski definition) is 2. The minimum Gasteiger partial charge on any atom is -0.374 e. The molecule has 0 heterocycles. The van der Waals surface area contributed by atoms with Crippen molar-refractivity contribution in [1.82, 2.24) is 20.4 Å². The fourth-order valence-corrected chi connectivity index (χ4v) is 11.2. The van der Waals surface area contributed by atoms with E-state index < -0.39 is 17.6 Å². The minimum atomic E-state index is -2.74. The number of rotatable bonds is 29. The third kappa shape index (κ3) is 19.4. The Bertz CT molecular complexity index is 843. The average molecular weight is 779 g/mol. The van der Waals surface area contributed by atoms with Gasteiger partial charge in [0.2, 0.25) is 0 Å². The van der Waals surface area contributed by atoms with Gasteiger partial charge in [-0.1, -0.05) is 54.4 Å². The first-order valence-corrected chi connectivity index (χ1v) is 24.2. The van der Waals surface area contributed by atoms with Crippen molar-refractivity contribution in [1.29, 1.82) is 0 Å². The van der Waals surface area contributed by atoms with Crippen LogP contribution in [0.25, 0.3) is 0 Å². The van der Waals surface area contributed by atoms with Gasteiger partial charge in [-0.15, -0.1) is 0 Å². The first kappa shape index (κ1) is 50.7. The Morgan fingerprint density at radius 2 is 0.769 bits per heavy atom. The fourth-order valence-electron chi connectivity index (χ4n) is 6.00. The smallest absolute Gasteiger partial charge is 0.374 e. The van der Waals surface area contributed by atoms with Crippen LogP contribution < -0.4 is 10.6 Å². The molecule has 0 aromatic rings. The van der Waals surface area contributed by atoms with Gasteiger partial charge in [0.1, 0.15) is 0 Å². The average Bonchev–Trinajstić information content (AvgIpc) is 3.05. The van der Waals surface area contributed by atoms with Gasteiger partial charge in [-0.2, -0.15) is 0 Å². The molecule has 0 saturated carbocycles. The van der Waals surface area contributed by atoms with E-state index in [0.717, 1.165) is 38.5 Å². The van der Waals surface area contributed by atoms with Crippen LogP contribution in [0.1, 0.15) is 135 Å². The quantitative estimate of drug-likeness (QED) is 0.0575. The highest BCUT2D eigenvalue weighted by molar-refractivity contribution is 6.61. The van der Waals surface area contributed by atoms with Crippen molar-refractivity contribution in [2.24, 2.45) is 10.8 Å².